The molecule has 0 saturated carbocycles. The molecule has 1 aromatic heterocycles. The molecule has 0 radical (unpaired) electrons. The molecule has 2 rings (SSSR count). The van der Waals surface area contributed by atoms with E-state index in [-0.39, 0.29) is 0 Å². The third-order valence-corrected chi connectivity index (χ3v) is 4.23. The molecular formula is C15H24ClN3O. The number of methoxy groups -OCH3 is 1. The molecule has 1 unspecified atom stereocenters. The van der Waals surface area contributed by atoms with Crippen molar-refractivity contribution in [3.05, 3.63) is 17.0 Å². The molecule has 0 spiro atoms. The Morgan fingerprint density at radius 2 is 2.15 bits per heavy atom. The first-order chi connectivity index (χ1) is 9.60. The smallest absolute Gasteiger partial charge is 0.158 e. The summed E-state index contributed by atoms with van der Waals surface area (Å²) in [6, 6.07) is 1.86. The third-order valence-electron chi connectivity index (χ3n) is 4.04. The van der Waals surface area contributed by atoms with Gasteiger partial charge in [0.25, 0.3) is 0 Å². The fourth-order valence-corrected chi connectivity index (χ4v) is 3.02. The van der Waals surface area contributed by atoms with Gasteiger partial charge < -0.3 is 9.64 Å². The lowest BCUT2D eigenvalue weighted by molar-refractivity contribution is 0.178. The van der Waals surface area contributed by atoms with Gasteiger partial charge in [0.15, 0.2) is 5.82 Å². The number of rotatable bonds is 4. The van der Waals surface area contributed by atoms with Crippen molar-refractivity contribution in [3.63, 3.8) is 0 Å². The maximum Gasteiger partial charge on any atom is 0.158 e. The number of hydrogen-bond acceptors (Lipinski definition) is 4. The highest BCUT2D eigenvalue weighted by molar-refractivity contribution is 6.29. The molecule has 5 heteroatoms. The Morgan fingerprint density at radius 3 is 2.85 bits per heavy atom. The highest BCUT2D eigenvalue weighted by Crippen LogP contribution is 2.27. The van der Waals surface area contributed by atoms with Gasteiger partial charge >= 0.3 is 0 Å². The van der Waals surface area contributed by atoms with E-state index >= 15 is 0 Å². The van der Waals surface area contributed by atoms with Crippen LogP contribution in [0.2, 0.25) is 5.15 Å². The Balaban J connectivity index is 2.11. The predicted molar refractivity (Wildman–Crippen MR) is 82.1 cm³/mol. The van der Waals surface area contributed by atoms with Crippen molar-refractivity contribution in [2.24, 2.45) is 11.8 Å². The van der Waals surface area contributed by atoms with Gasteiger partial charge in [-0.2, -0.15) is 0 Å². The van der Waals surface area contributed by atoms with Crippen molar-refractivity contribution in [3.8, 4) is 0 Å². The van der Waals surface area contributed by atoms with Gasteiger partial charge in [0.2, 0.25) is 0 Å². The van der Waals surface area contributed by atoms with E-state index in [1.807, 2.05) is 6.07 Å². The molecule has 1 aliphatic rings. The monoisotopic (exact) mass is 297 g/mol. The predicted octanol–water partition coefficient (Wildman–Crippen LogP) is 3.54. The number of aromatic nitrogens is 2. The van der Waals surface area contributed by atoms with Crippen LogP contribution in [-0.2, 0) is 11.3 Å². The van der Waals surface area contributed by atoms with Gasteiger partial charge in [0.05, 0.1) is 0 Å². The summed E-state index contributed by atoms with van der Waals surface area (Å²) in [6.07, 6.45) is 3.74. The zero-order valence-corrected chi connectivity index (χ0v) is 13.4. The van der Waals surface area contributed by atoms with Crippen LogP contribution in [0.4, 0.5) is 5.82 Å². The van der Waals surface area contributed by atoms with Crippen molar-refractivity contribution in [2.45, 2.75) is 39.7 Å². The molecule has 0 amide bonds. The number of hydrogen-bond donors (Lipinski definition) is 0. The molecule has 1 atom stereocenters. The van der Waals surface area contributed by atoms with E-state index in [1.165, 1.54) is 19.3 Å². The molecule has 1 fully saturated rings. The lowest BCUT2D eigenvalue weighted by Crippen LogP contribution is -2.26. The van der Waals surface area contributed by atoms with E-state index in [1.54, 1.807) is 7.11 Å². The van der Waals surface area contributed by atoms with Crippen LogP contribution in [0.15, 0.2) is 6.07 Å². The minimum Gasteiger partial charge on any atom is -0.377 e. The Bertz CT molecular complexity index is 439. The summed E-state index contributed by atoms with van der Waals surface area (Å²) in [5, 5.41) is 0.492. The Hall–Kier alpha value is -0.870. The molecule has 1 saturated heterocycles. The number of ether oxygens (including phenoxy) is 1. The average molecular weight is 298 g/mol. The second-order valence-corrected chi connectivity index (χ2v) is 6.21. The summed E-state index contributed by atoms with van der Waals surface area (Å²) in [4.78, 5) is 11.1. The Morgan fingerprint density at radius 1 is 1.35 bits per heavy atom. The minimum absolute atomic E-state index is 0.399. The van der Waals surface area contributed by atoms with Gasteiger partial charge in [-0.3, -0.25) is 0 Å². The summed E-state index contributed by atoms with van der Waals surface area (Å²) in [7, 11) is 1.64. The van der Waals surface area contributed by atoms with E-state index in [2.05, 4.69) is 28.7 Å². The molecule has 1 aromatic rings. The van der Waals surface area contributed by atoms with E-state index in [0.29, 0.717) is 17.6 Å². The van der Waals surface area contributed by atoms with Crippen molar-refractivity contribution in [1.82, 2.24) is 9.97 Å². The van der Waals surface area contributed by atoms with Crippen molar-refractivity contribution >= 4 is 17.4 Å². The summed E-state index contributed by atoms with van der Waals surface area (Å²) >= 11 is 6.09. The molecule has 20 heavy (non-hydrogen) atoms. The van der Waals surface area contributed by atoms with E-state index in [4.69, 9.17) is 16.3 Å². The number of halogens is 1. The molecule has 1 aliphatic heterocycles. The van der Waals surface area contributed by atoms with Crippen LogP contribution in [0.3, 0.4) is 0 Å². The highest BCUT2D eigenvalue weighted by Gasteiger charge is 2.20. The third kappa shape index (κ3) is 4.06. The molecule has 2 heterocycles. The second kappa shape index (κ2) is 7.23. The van der Waals surface area contributed by atoms with E-state index in [0.717, 1.165) is 30.7 Å². The van der Waals surface area contributed by atoms with Gasteiger partial charge in [-0.05, 0) is 31.1 Å². The Kier molecular flexibility index (Phi) is 5.61. The summed E-state index contributed by atoms with van der Waals surface area (Å²) in [5.74, 6) is 3.16. The van der Waals surface area contributed by atoms with Crippen LogP contribution in [0.1, 0.15) is 38.9 Å². The van der Waals surface area contributed by atoms with Gasteiger partial charge in [0, 0.05) is 26.3 Å². The van der Waals surface area contributed by atoms with Crippen LogP contribution in [0.5, 0.6) is 0 Å². The van der Waals surface area contributed by atoms with Gasteiger partial charge in [-0.1, -0.05) is 25.4 Å². The quantitative estimate of drug-likeness (QED) is 0.797. The van der Waals surface area contributed by atoms with Gasteiger partial charge in [-0.25, -0.2) is 9.97 Å². The van der Waals surface area contributed by atoms with E-state index in [9.17, 15) is 0 Å². The number of nitrogens with zero attached hydrogens (tertiary/aromatic N) is 3. The lowest BCUT2D eigenvalue weighted by Gasteiger charge is -2.23. The zero-order chi connectivity index (χ0) is 14.5. The number of anilines is 1. The molecular weight excluding hydrogens is 274 g/mol. The van der Waals surface area contributed by atoms with Crippen LogP contribution in [0, 0.1) is 11.8 Å². The second-order valence-electron chi connectivity index (χ2n) is 5.82. The Labute approximate surface area is 126 Å². The normalized spacial score (nSPS) is 20.2. The molecule has 0 aliphatic carbocycles. The average Bonchev–Trinajstić information content (AvgIpc) is 2.64. The summed E-state index contributed by atoms with van der Waals surface area (Å²) < 4.78 is 5.10. The molecule has 4 nitrogen and oxygen atoms in total. The zero-order valence-electron chi connectivity index (χ0n) is 12.6. The van der Waals surface area contributed by atoms with Crippen molar-refractivity contribution in [2.75, 3.05) is 25.1 Å². The fraction of sp³-hybridized carbons (Fsp3) is 0.733. The minimum atomic E-state index is 0.399. The van der Waals surface area contributed by atoms with Gasteiger partial charge in [-0.15, -0.1) is 0 Å². The van der Waals surface area contributed by atoms with Crippen molar-refractivity contribution < 1.29 is 4.74 Å². The maximum absolute atomic E-state index is 6.09. The van der Waals surface area contributed by atoms with Crippen LogP contribution in [-0.4, -0.2) is 30.2 Å². The van der Waals surface area contributed by atoms with Crippen LogP contribution in [0.25, 0.3) is 0 Å². The molecule has 0 aromatic carbocycles. The lowest BCUT2D eigenvalue weighted by atomic mass is 9.89. The van der Waals surface area contributed by atoms with Crippen molar-refractivity contribution in [1.29, 1.82) is 0 Å². The van der Waals surface area contributed by atoms with Crippen LogP contribution < -0.4 is 4.90 Å². The molecule has 0 bridgehead atoms. The molecule has 112 valence electrons. The highest BCUT2D eigenvalue weighted by atomic mass is 35.5. The molecule has 0 N–H and O–H groups in total. The first kappa shape index (κ1) is 15.5. The fourth-order valence-electron chi connectivity index (χ4n) is 2.83. The standard InChI is InChI=1S/C15H24ClN3O/c1-11(2)12-5-4-7-19(8-6-12)15-9-13(16)17-14(18-15)10-20-3/h9,11-12H,4-8,10H2,1-3H3. The maximum atomic E-state index is 6.09. The first-order valence-electron chi connectivity index (χ1n) is 7.37. The summed E-state index contributed by atoms with van der Waals surface area (Å²) in [6.45, 7) is 7.12. The van der Waals surface area contributed by atoms with Crippen LogP contribution >= 0.6 is 11.6 Å². The van der Waals surface area contributed by atoms with E-state index < -0.39 is 0 Å². The SMILES string of the molecule is COCc1nc(Cl)cc(N2CCCC(C(C)C)CC2)n1. The summed E-state index contributed by atoms with van der Waals surface area (Å²) in [5.41, 5.74) is 0. The largest absolute Gasteiger partial charge is 0.377 e. The van der Waals surface area contributed by atoms with Gasteiger partial charge in [0.1, 0.15) is 17.6 Å². The first-order valence-corrected chi connectivity index (χ1v) is 7.75. The topological polar surface area (TPSA) is 38.2 Å².